The number of benzene rings is 1. The van der Waals surface area contributed by atoms with Gasteiger partial charge >= 0.3 is 0 Å². The topological polar surface area (TPSA) is 75.7 Å². The predicted octanol–water partition coefficient (Wildman–Crippen LogP) is 1.70. The number of carbonyl (C=O) groups excluding carboxylic acids is 1. The fourth-order valence-electron chi connectivity index (χ4n) is 3.37. The van der Waals surface area contributed by atoms with E-state index in [9.17, 15) is 13.2 Å². The molecule has 0 radical (unpaired) electrons. The Labute approximate surface area is 149 Å². The largest absolute Gasteiger partial charge is 0.368 e. The van der Waals surface area contributed by atoms with Crippen molar-refractivity contribution in [3.8, 4) is 0 Å². The zero-order valence-corrected chi connectivity index (χ0v) is 15.4. The maximum atomic E-state index is 12.7. The second kappa shape index (κ2) is 7.85. The first-order chi connectivity index (χ1) is 12.0. The fourth-order valence-corrected chi connectivity index (χ4v) is 4.83. The van der Waals surface area contributed by atoms with Gasteiger partial charge < -0.3 is 10.1 Å². The van der Waals surface area contributed by atoms with Gasteiger partial charge in [0.05, 0.1) is 4.90 Å². The zero-order chi connectivity index (χ0) is 17.9. The third-order valence-corrected chi connectivity index (χ3v) is 6.90. The smallest absolute Gasteiger partial charge is 0.249 e. The molecule has 2 fully saturated rings. The van der Waals surface area contributed by atoms with Gasteiger partial charge in [0.25, 0.3) is 0 Å². The molecule has 0 bridgehead atoms. The Morgan fingerprint density at radius 1 is 1.20 bits per heavy atom. The van der Waals surface area contributed by atoms with Crippen molar-refractivity contribution in [2.75, 3.05) is 19.7 Å². The zero-order valence-electron chi connectivity index (χ0n) is 14.6. The Kier molecular flexibility index (Phi) is 5.76. The minimum atomic E-state index is -3.46. The lowest BCUT2D eigenvalue weighted by atomic mass is 10.1. The van der Waals surface area contributed by atoms with Crippen LogP contribution in [0.25, 0.3) is 0 Å². The average Bonchev–Trinajstić information content (AvgIpc) is 3.17. The molecule has 1 atom stereocenters. The molecule has 138 valence electrons. The van der Waals surface area contributed by atoms with Gasteiger partial charge in [-0.15, -0.1) is 0 Å². The summed E-state index contributed by atoms with van der Waals surface area (Å²) in [6.07, 6.45) is 3.50. The van der Waals surface area contributed by atoms with Gasteiger partial charge in [0.2, 0.25) is 15.9 Å². The number of hydrogen-bond acceptors (Lipinski definition) is 4. The van der Waals surface area contributed by atoms with E-state index in [4.69, 9.17) is 4.74 Å². The number of amides is 1. The monoisotopic (exact) mass is 366 g/mol. The average molecular weight is 366 g/mol. The summed E-state index contributed by atoms with van der Waals surface area (Å²) in [5, 5.41) is 3.00. The quantitative estimate of drug-likeness (QED) is 0.861. The molecule has 3 rings (SSSR count). The highest BCUT2D eigenvalue weighted by atomic mass is 32.2. The van der Waals surface area contributed by atoms with Gasteiger partial charge in [0.15, 0.2) is 0 Å². The second-order valence-electron chi connectivity index (χ2n) is 6.69. The number of piperidine rings is 1. The Bertz CT molecular complexity index is 688. The number of nitrogens with zero attached hydrogens (tertiary/aromatic N) is 1. The number of carbonyl (C=O) groups is 1. The summed E-state index contributed by atoms with van der Waals surface area (Å²) in [5.74, 6) is -0.0611. The summed E-state index contributed by atoms with van der Waals surface area (Å²) < 4.78 is 32.4. The predicted molar refractivity (Wildman–Crippen MR) is 94.7 cm³/mol. The third kappa shape index (κ3) is 4.22. The first-order valence-electron chi connectivity index (χ1n) is 9.02. The van der Waals surface area contributed by atoms with Crippen molar-refractivity contribution in [2.45, 2.75) is 56.1 Å². The van der Waals surface area contributed by atoms with Crippen molar-refractivity contribution >= 4 is 15.9 Å². The van der Waals surface area contributed by atoms with Crippen LogP contribution in [0.4, 0.5) is 0 Å². The van der Waals surface area contributed by atoms with Crippen LogP contribution in [0, 0.1) is 0 Å². The number of nitrogens with one attached hydrogen (secondary N) is 1. The lowest BCUT2D eigenvalue weighted by molar-refractivity contribution is -0.131. The third-order valence-electron chi connectivity index (χ3n) is 4.99. The molecule has 1 N–H and O–H groups in total. The van der Waals surface area contributed by atoms with Crippen molar-refractivity contribution in [3.05, 3.63) is 29.8 Å². The van der Waals surface area contributed by atoms with Gasteiger partial charge in [-0.1, -0.05) is 19.1 Å². The fraction of sp³-hybridized carbons (Fsp3) is 0.611. The molecule has 2 aliphatic rings. The molecule has 2 saturated heterocycles. The minimum Gasteiger partial charge on any atom is -0.368 e. The van der Waals surface area contributed by atoms with Crippen molar-refractivity contribution in [3.63, 3.8) is 0 Å². The van der Waals surface area contributed by atoms with E-state index in [1.165, 1.54) is 4.31 Å². The van der Waals surface area contributed by atoms with E-state index in [-0.39, 0.29) is 18.1 Å². The summed E-state index contributed by atoms with van der Waals surface area (Å²) in [6.45, 7) is 3.54. The summed E-state index contributed by atoms with van der Waals surface area (Å²) in [7, 11) is -3.46. The molecular weight excluding hydrogens is 340 g/mol. The molecule has 0 saturated carbocycles. The molecule has 1 unspecified atom stereocenters. The highest BCUT2D eigenvalue weighted by Gasteiger charge is 2.31. The molecular formula is C18H26N2O4S. The number of aryl methyl sites for hydroxylation is 1. The maximum Gasteiger partial charge on any atom is 0.249 e. The summed E-state index contributed by atoms with van der Waals surface area (Å²) >= 11 is 0. The van der Waals surface area contributed by atoms with Crippen LogP contribution in [-0.4, -0.2) is 50.5 Å². The first kappa shape index (κ1) is 18.4. The van der Waals surface area contributed by atoms with Gasteiger partial charge in [0.1, 0.15) is 6.10 Å². The van der Waals surface area contributed by atoms with Crippen LogP contribution in [0.15, 0.2) is 29.2 Å². The molecule has 1 aromatic carbocycles. The van der Waals surface area contributed by atoms with Crippen molar-refractivity contribution in [2.24, 2.45) is 0 Å². The minimum absolute atomic E-state index is 0.0191. The number of ether oxygens (including phenoxy) is 1. The van der Waals surface area contributed by atoms with E-state index in [0.29, 0.717) is 37.4 Å². The van der Waals surface area contributed by atoms with Crippen LogP contribution >= 0.6 is 0 Å². The first-order valence-corrected chi connectivity index (χ1v) is 10.5. The Morgan fingerprint density at radius 2 is 1.88 bits per heavy atom. The maximum absolute atomic E-state index is 12.7. The number of sulfonamides is 1. The molecule has 6 nitrogen and oxygen atoms in total. The van der Waals surface area contributed by atoms with Crippen LogP contribution in [0.5, 0.6) is 0 Å². The molecule has 0 aliphatic carbocycles. The summed E-state index contributed by atoms with van der Waals surface area (Å²) in [6, 6.07) is 7.10. The molecule has 1 aromatic rings. The van der Waals surface area contributed by atoms with E-state index in [0.717, 1.165) is 24.8 Å². The highest BCUT2D eigenvalue weighted by molar-refractivity contribution is 7.89. The van der Waals surface area contributed by atoms with E-state index in [2.05, 4.69) is 5.32 Å². The summed E-state index contributed by atoms with van der Waals surface area (Å²) in [4.78, 5) is 12.4. The lowest BCUT2D eigenvalue weighted by Gasteiger charge is -2.32. The normalized spacial score (nSPS) is 22.8. The van der Waals surface area contributed by atoms with E-state index >= 15 is 0 Å². The van der Waals surface area contributed by atoms with Gasteiger partial charge in [-0.25, -0.2) is 8.42 Å². The van der Waals surface area contributed by atoms with Crippen molar-refractivity contribution < 1.29 is 17.9 Å². The molecule has 1 amide bonds. The van der Waals surface area contributed by atoms with Crippen LogP contribution in [-0.2, 0) is 26.0 Å². The van der Waals surface area contributed by atoms with Gasteiger partial charge in [-0.2, -0.15) is 4.31 Å². The lowest BCUT2D eigenvalue weighted by Crippen LogP contribution is -2.48. The molecule has 2 heterocycles. The Hall–Kier alpha value is -1.44. The van der Waals surface area contributed by atoms with E-state index < -0.39 is 10.0 Å². The van der Waals surface area contributed by atoms with Crippen LogP contribution in [0.1, 0.15) is 38.2 Å². The molecule has 25 heavy (non-hydrogen) atoms. The van der Waals surface area contributed by atoms with Crippen molar-refractivity contribution in [1.82, 2.24) is 9.62 Å². The Morgan fingerprint density at radius 3 is 2.44 bits per heavy atom. The van der Waals surface area contributed by atoms with Gasteiger partial charge in [-0.05, 0) is 49.8 Å². The van der Waals surface area contributed by atoms with Crippen molar-refractivity contribution in [1.29, 1.82) is 0 Å². The van der Waals surface area contributed by atoms with Gasteiger partial charge in [0, 0.05) is 25.7 Å². The van der Waals surface area contributed by atoms with E-state index in [1.807, 2.05) is 19.1 Å². The molecule has 7 heteroatoms. The second-order valence-corrected chi connectivity index (χ2v) is 8.62. The SMILES string of the molecule is CCc1ccc(S(=O)(=O)N2CCC(NC(=O)C3CCCO3)CC2)cc1. The molecule has 0 spiro atoms. The van der Waals surface area contributed by atoms with E-state index in [1.54, 1.807) is 12.1 Å². The number of hydrogen-bond donors (Lipinski definition) is 1. The van der Waals surface area contributed by atoms with Crippen LogP contribution in [0.3, 0.4) is 0 Å². The summed E-state index contributed by atoms with van der Waals surface area (Å²) in [5.41, 5.74) is 1.12. The molecule has 2 aliphatic heterocycles. The standard InChI is InChI=1S/C18H26N2O4S/c1-2-14-5-7-16(8-6-14)25(22,23)20-11-9-15(10-12-20)19-18(21)17-4-3-13-24-17/h5-8,15,17H,2-4,9-13H2,1H3,(H,19,21). The van der Waals surface area contributed by atoms with Crippen LogP contribution in [0.2, 0.25) is 0 Å². The van der Waals surface area contributed by atoms with Crippen LogP contribution < -0.4 is 5.32 Å². The number of rotatable bonds is 5. The highest BCUT2D eigenvalue weighted by Crippen LogP contribution is 2.22. The Balaban J connectivity index is 1.56. The van der Waals surface area contributed by atoms with Gasteiger partial charge in [-0.3, -0.25) is 4.79 Å². The molecule has 0 aromatic heterocycles.